The van der Waals surface area contributed by atoms with Gasteiger partial charge in [-0.1, -0.05) is 0 Å². The monoisotopic (exact) mass is 287 g/mol. The molecule has 7 nitrogen and oxygen atoms in total. The lowest BCUT2D eigenvalue weighted by Crippen LogP contribution is -2.17. The first-order valence-corrected chi connectivity index (χ1v) is 5.95. The molecule has 1 heterocycles. The number of hydrogen-bond acceptors (Lipinski definition) is 6. The average Bonchev–Trinajstić information content (AvgIpc) is 2.51. The number of aromatic hydroxyl groups is 2. The normalized spacial score (nSPS) is 10.5. The van der Waals surface area contributed by atoms with Gasteiger partial charge in [-0.05, 0) is 24.3 Å². The minimum atomic E-state index is -0.408. The molecule has 21 heavy (non-hydrogen) atoms. The predicted octanol–water partition coefficient (Wildman–Crippen LogP) is 1.27. The molecule has 0 bridgehead atoms. The molecule has 0 unspecified atom stereocenters. The van der Waals surface area contributed by atoms with E-state index in [9.17, 15) is 15.0 Å². The first-order valence-electron chi connectivity index (χ1n) is 5.95. The van der Waals surface area contributed by atoms with Crippen molar-refractivity contribution >= 4 is 12.1 Å². The van der Waals surface area contributed by atoms with Gasteiger partial charge >= 0.3 is 0 Å². The van der Waals surface area contributed by atoms with Crippen molar-refractivity contribution in [2.75, 3.05) is 7.11 Å². The van der Waals surface area contributed by atoms with E-state index in [1.807, 2.05) is 0 Å². The third-order valence-corrected chi connectivity index (χ3v) is 2.60. The number of nitrogens with one attached hydrogen (secondary N) is 1. The van der Waals surface area contributed by atoms with Gasteiger partial charge in [0.1, 0.15) is 0 Å². The van der Waals surface area contributed by atoms with E-state index < -0.39 is 5.91 Å². The van der Waals surface area contributed by atoms with Gasteiger partial charge in [-0.2, -0.15) is 5.10 Å². The quantitative estimate of drug-likeness (QED) is 0.446. The summed E-state index contributed by atoms with van der Waals surface area (Å²) >= 11 is 0. The molecule has 0 aliphatic heterocycles. The van der Waals surface area contributed by atoms with Gasteiger partial charge in [0.25, 0.3) is 5.91 Å². The summed E-state index contributed by atoms with van der Waals surface area (Å²) in [5.41, 5.74) is 3.15. The second-order valence-corrected chi connectivity index (χ2v) is 4.03. The van der Waals surface area contributed by atoms with Crippen molar-refractivity contribution in [2.24, 2.45) is 5.10 Å². The van der Waals surface area contributed by atoms with Gasteiger partial charge in [-0.25, -0.2) is 5.43 Å². The van der Waals surface area contributed by atoms with Crippen LogP contribution in [0.2, 0.25) is 0 Å². The fraction of sp³-hybridized carbons (Fsp3) is 0.0714. The first kappa shape index (κ1) is 14.3. The van der Waals surface area contributed by atoms with Crippen molar-refractivity contribution in [1.29, 1.82) is 0 Å². The maximum Gasteiger partial charge on any atom is 0.272 e. The molecule has 2 rings (SSSR count). The van der Waals surface area contributed by atoms with Crippen LogP contribution < -0.4 is 10.2 Å². The lowest BCUT2D eigenvalue weighted by Gasteiger charge is -2.06. The lowest BCUT2D eigenvalue weighted by atomic mass is 10.2. The molecule has 3 N–H and O–H groups in total. The van der Waals surface area contributed by atoms with Gasteiger partial charge in [0.15, 0.2) is 11.5 Å². The SMILES string of the molecule is COc1cc(/C=N/NC(=O)c2cccnc2)cc(O)c1O. The fourth-order valence-electron chi connectivity index (χ4n) is 1.57. The number of benzene rings is 1. The Morgan fingerprint density at radius 1 is 1.43 bits per heavy atom. The van der Waals surface area contributed by atoms with E-state index in [0.29, 0.717) is 11.1 Å². The Kier molecular flexibility index (Phi) is 4.35. The van der Waals surface area contributed by atoms with Crippen LogP contribution in [0.3, 0.4) is 0 Å². The summed E-state index contributed by atoms with van der Waals surface area (Å²) in [6, 6.07) is 6.00. The van der Waals surface area contributed by atoms with Gasteiger partial charge in [-0.15, -0.1) is 0 Å². The molecule has 7 heteroatoms. The smallest absolute Gasteiger partial charge is 0.272 e. The van der Waals surface area contributed by atoms with Crippen LogP contribution in [0.15, 0.2) is 41.8 Å². The third kappa shape index (κ3) is 3.47. The number of hydrazone groups is 1. The summed E-state index contributed by atoms with van der Waals surface area (Å²) in [4.78, 5) is 15.5. The number of amides is 1. The van der Waals surface area contributed by atoms with Crippen molar-refractivity contribution in [3.63, 3.8) is 0 Å². The molecule has 108 valence electrons. The van der Waals surface area contributed by atoms with E-state index in [2.05, 4.69) is 15.5 Å². The van der Waals surface area contributed by atoms with Crippen LogP contribution in [0, 0.1) is 0 Å². The zero-order chi connectivity index (χ0) is 15.2. The number of pyridine rings is 1. The molecule has 1 aromatic carbocycles. The number of phenolic OH excluding ortho intramolecular Hbond substituents is 2. The number of hydrogen-bond donors (Lipinski definition) is 3. The van der Waals surface area contributed by atoms with Gasteiger partial charge in [0, 0.05) is 18.0 Å². The Bertz CT molecular complexity index is 671. The lowest BCUT2D eigenvalue weighted by molar-refractivity contribution is 0.0955. The third-order valence-electron chi connectivity index (χ3n) is 2.60. The highest BCUT2D eigenvalue weighted by atomic mass is 16.5. The van der Waals surface area contributed by atoms with Crippen molar-refractivity contribution in [3.05, 3.63) is 47.8 Å². The van der Waals surface area contributed by atoms with Gasteiger partial charge < -0.3 is 14.9 Å². The summed E-state index contributed by atoms with van der Waals surface area (Å²) in [7, 11) is 1.36. The number of rotatable bonds is 4. The molecular formula is C14H13N3O4. The topological polar surface area (TPSA) is 104 Å². The number of phenols is 2. The molecule has 0 aliphatic rings. The Morgan fingerprint density at radius 3 is 2.90 bits per heavy atom. The van der Waals surface area contributed by atoms with Gasteiger partial charge in [0.05, 0.1) is 18.9 Å². The maximum absolute atomic E-state index is 11.7. The van der Waals surface area contributed by atoms with Crippen LogP contribution >= 0.6 is 0 Å². The Hall–Kier alpha value is -3.09. The minimum absolute atomic E-state index is 0.107. The van der Waals surface area contributed by atoms with E-state index in [-0.39, 0.29) is 17.2 Å². The van der Waals surface area contributed by atoms with E-state index in [4.69, 9.17) is 4.74 Å². The fourth-order valence-corrected chi connectivity index (χ4v) is 1.57. The molecule has 0 saturated heterocycles. The van der Waals surface area contributed by atoms with Crippen molar-refractivity contribution in [2.45, 2.75) is 0 Å². The highest BCUT2D eigenvalue weighted by Gasteiger charge is 2.08. The molecule has 0 spiro atoms. The van der Waals surface area contributed by atoms with Crippen molar-refractivity contribution in [1.82, 2.24) is 10.4 Å². The van der Waals surface area contributed by atoms with Gasteiger partial charge in [-0.3, -0.25) is 9.78 Å². The van der Waals surface area contributed by atoms with Gasteiger partial charge in [0.2, 0.25) is 5.75 Å². The predicted molar refractivity (Wildman–Crippen MR) is 75.6 cm³/mol. The molecule has 0 aliphatic carbocycles. The molecule has 2 aromatic rings. The van der Waals surface area contributed by atoms with E-state index in [1.165, 1.54) is 31.7 Å². The number of ether oxygens (including phenoxy) is 1. The van der Waals surface area contributed by atoms with Crippen molar-refractivity contribution < 1.29 is 19.7 Å². The standard InChI is InChI=1S/C14H13N3O4/c1-21-12-6-9(5-11(18)13(12)19)7-16-17-14(20)10-3-2-4-15-8-10/h2-8,18-19H,1H3,(H,17,20)/b16-7+. The molecule has 1 amide bonds. The molecule has 1 aromatic heterocycles. The van der Waals surface area contributed by atoms with Crippen molar-refractivity contribution in [3.8, 4) is 17.2 Å². The molecular weight excluding hydrogens is 274 g/mol. The summed E-state index contributed by atoms with van der Waals surface area (Å²) in [5, 5.41) is 22.8. The van der Waals surface area contributed by atoms with Crippen LogP contribution in [0.5, 0.6) is 17.2 Å². The largest absolute Gasteiger partial charge is 0.504 e. The minimum Gasteiger partial charge on any atom is -0.504 e. The molecule has 0 atom stereocenters. The Morgan fingerprint density at radius 2 is 2.24 bits per heavy atom. The summed E-state index contributed by atoms with van der Waals surface area (Å²) in [6.07, 6.45) is 4.29. The molecule has 0 fully saturated rings. The number of aromatic nitrogens is 1. The number of carbonyl (C=O) groups excluding carboxylic acids is 1. The summed E-state index contributed by atoms with van der Waals surface area (Å²) in [5.74, 6) is -0.993. The maximum atomic E-state index is 11.7. The van der Waals surface area contributed by atoms with Crippen LogP contribution in [-0.2, 0) is 0 Å². The zero-order valence-corrected chi connectivity index (χ0v) is 11.1. The van der Waals surface area contributed by atoms with E-state index >= 15 is 0 Å². The van der Waals surface area contributed by atoms with Crippen LogP contribution in [-0.4, -0.2) is 34.4 Å². The van der Waals surface area contributed by atoms with E-state index in [0.717, 1.165) is 0 Å². The molecule has 0 saturated carbocycles. The second-order valence-electron chi connectivity index (χ2n) is 4.03. The van der Waals surface area contributed by atoms with Crippen LogP contribution in [0.25, 0.3) is 0 Å². The van der Waals surface area contributed by atoms with Crippen LogP contribution in [0.1, 0.15) is 15.9 Å². The summed E-state index contributed by atoms with van der Waals surface area (Å²) in [6.45, 7) is 0. The van der Waals surface area contributed by atoms with Crippen LogP contribution in [0.4, 0.5) is 0 Å². The molecule has 0 radical (unpaired) electrons. The second kappa shape index (κ2) is 6.38. The number of methoxy groups -OCH3 is 1. The highest BCUT2D eigenvalue weighted by molar-refractivity contribution is 5.94. The number of carbonyl (C=O) groups is 1. The zero-order valence-electron chi connectivity index (χ0n) is 11.1. The number of nitrogens with zero attached hydrogens (tertiary/aromatic N) is 2. The average molecular weight is 287 g/mol. The Labute approximate surface area is 120 Å². The summed E-state index contributed by atoms with van der Waals surface area (Å²) < 4.78 is 4.90. The van der Waals surface area contributed by atoms with E-state index in [1.54, 1.807) is 18.3 Å². The Balaban J connectivity index is 2.08. The highest BCUT2D eigenvalue weighted by Crippen LogP contribution is 2.35. The first-order chi connectivity index (χ1) is 10.1.